The van der Waals surface area contributed by atoms with Crippen molar-refractivity contribution in [1.82, 2.24) is 0 Å². The van der Waals surface area contributed by atoms with E-state index in [4.69, 9.17) is 17.3 Å². The van der Waals surface area contributed by atoms with Crippen LogP contribution < -0.4 is 11.1 Å². The van der Waals surface area contributed by atoms with Crippen molar-refractivity contribution < 1.29 is 0 Å². The lowest BCUT2D eigenvalue weighted by atomic mass is 9.83. The quantitative estimate of drug-likeness (QED) is 0.768. The largest absolute Gasteiger partial charge is 0.397 e. The van der Waals surface area contributed by atoms with Gasteiger partial charge in [0.1, 0.15) is 0 Å². The smallest absolute Gasteiger partial charge is 0.0763 e. The molecule has 0 atom stereocenters. The van der Waals surface area contributed by atoms with E-state index in [0.717, 1.165) is 23.8 Å². The van der Waals surface area contributed by atoms with E-state index >= 15 is 0 Å². The maximum absolute atomic E-state index is 6.05. The Hall–Kier alpha value is -0.890. The molecule has 1 aliphatic carbocycles. The molecule has 0 amide bonds. The van der Waals surface area contributed by atoms with Gasteiger partial charge in [0, 0.05) is 6.54 Å². The minimum absolute atomic E-state index is 0.712. The molecular formula is C12H17ClN2. The number of benzene rings is 1. The Morgan fingerprint density at radius 1 is 1.40 bits per heavy atom. The molecular weight excluding hydrogens is 208 g/mol. The lowest BCUT2D eigenvalue weighted by molar-refractivity contribution is 0.303. The van der Waals surface area contributed by atoms with Gasteiger partial charge in [-0.25, -0.2) is 0 Å². The zero-order chi connectivity index (χ0) is 10.7. The highest BCUT2D eigenvalue weighted by molar-refractivity contribution is 6.33. The first-order valence-electron chi connectivity index (χ1n) is 5.55. The van der Waals surface area contributed by atoms with E-state index in [1.165, 1.54) is 25.7 Å². The molecule has 1 aromatic rings. The second-order valence-corrected chi connectivity index (χ2v) is 4.62. The zero-order valence-corrected chi connectivity index (χ0v) is 9.56. The first-order valence-corrected chi connectivity index (χ1v) is 5.93. The summed E-state index contributed by atoms with van der Waals surface area (Å²) in [7, 11) is 0. The Morgan fingerprint density at radius 3 is 2.80 bits per heavy atom. The Balaban J connectivity index is 1.86. The predicted octanol–water partition coefficient (Wildman–Crippen LogP) is 3.52. The van der Waals surface area contributed by atoms with Crippen LogP contribution >= 0.6 is 11.6 Å². The van der Waals surface area contributed by atoms with Crippen molar-refractivity contribution in [3.8, 4) is 0 Å². The van der Waals surface area contributed by atoms with Crippen LogP contribution in [0.15, 0.2) is 18.2 Å². The van der Waals surface area contributed by atoms with Crippen LogP contribution in [0.5, 0.6) is 0 Å². The summed E-state index contributed by atoms with van der Waals surface area (Å²) >= 11 is 6.05. The Kier molecular flexibility index (Phi) is 3.37. The average molecular weight is 225 g/mol. The molecule has 0 heterocycles. The van der Waals surface area contributed by atoms with E-state index in [1.807, 2.05) is 18.2 Å². The van der Waals surface area contributed by atoms with Crippen LogP contribution in [0.4, 0.5) is 11.4 Å². The molecule has 0 unspecified atom stereocenters. The fraction of sp³-hybridized carbons (Fsp3) is 0.500. The maximum Gasteiger partial charge on any atom is 0.0763 e. The number of para-hydroxylation sites is 1. The zero-order valence-electron chi connectivity index (χ0n) is 8.80. The van der Waals surface area contributed by atoms with Crippen LogP contribution in [0.1, 0.15) is 25.7 Å². The lowest BCUT2D eigenvalue weighted by Crippen LogP contribution is -2.16. The number of hydrogen-bond donors (Lipinski definition) is 2. The fourth-order valence-electron chi connectivity index (χ4n) is 1.91. The van der Waals surface area contributed by atoms with E-state index < -0.39 is 0 Å². The lowest BCUT2D eigenvalue weighted by Gasteiger charge is -2.25. The molecule has 1 aromatic carbocycles. The number of nitrogens with one attached hydrogen (secondary N) is 1. The molecule has 0 aromatic heterocycles. The van der Waals surface area contributed by atoms with Crippen molar-refractivity contribution in [2.24, 2.45) is 5.92 Å². The van der Waals surface area contributed by atoms with Crippen LogP contribution in [0.2, 0.25) is 5.02 Å². The number of rotatable bonds is 4. The summed E-state index contributed by atoms with van der Waals surface area (Å²) in [6, 6.07) is 5.61. The summed E-state index contributed by atoms with van der Waals surface area (Å²) in [4.78, 5) is 0. The second kappa shape index (κ2) is 4.75. The molecule has 1 fully saturated rings. The van der Waals surface area contributed by atoms with E-state index in [9.17, 15) is 0 Å². The molecule has 2 nitrogen and oxygen atoms in total. The first kappa shape index (κ1) is 10.6. The van der Waals surface area contributed by atoms with Gasteiger partial charge in [0.25, 0.3) is 0 Å². The van der Waals surface area contributed by atoms with E-state index in [-0.39, 0.29) is 0 Å². The van der Waals surface area contributed by atoms with Gasteiger partial charge in [0.15, 0.2) is 0 Å². The normalized spacial score (nSPS) is 16.1. The fourth-order valence-corrected chi connectivity index (χ4v) is 2.16. The average Bonchev–Trinajstić information content (AvgIpc) is 2.13. The topological polar surface area (TPSA) is 38.0 Å². The number of hydrogen-bond acceptors (Lipinski definition) is 2. The third kappa shape index (κ3) is 2.57. The molecule has 3 heteroatoms. The third-order valence-corrected chi connectivity index (χ3v) is 3.44. The van der Waals surface area contributed by atoms with Crippen molar-refractivity contribution in [2.75, 3.05) is 17.6 Å². The van der Waals surface area contributed by atoms with Gasteiger partial charge in [-0.3, -0.25) is 0 Å². The van der Waals surface area contributed by atoms with Crippen molar-refractivity contribution in [3.05, 3.63) is 23.2 Å². The molecule has 0 radical (unpaired) electrons. The first-order chi connectivity index (χ1) is 7.27. The van der Waals surface area contributed by atoms with Crippen LogP contribution in [0.25, 0.3) is 0 Å². The third-order valence-electron chi connectivity index (χ3n) is 3.12. The van der Waals surface area contributed by atoms with Gasteiger partial charge in [-0.15, -0.1) is 0 Å². The highest BCUT2D eigenvalue weighted by Gasteiger charge is 2.16. The maximum atomic E-state index is 6.05. The van der Waals surface area contributed by atoms with Gasteiger partial charge in [0.2, 0.25) is 0 Å². The molecule has 0 spiro atoms. The van der Waals surface area contributed by atoms with Crippen molar-refractivity contribution >= 4 is 23.0 Å². The molecule has 0 saturated heterocycles. The Morgan fingerprint density at radius 2 is 2.20 bits per heavy atom. The summed E-state index contributed by atoms with van der Waals surface area (Å²) in [5.74, 6) is 0.918. The standard InChI is InChI=1S/C12H17ClN2/c13-10-5-2-6-11(14)12(10)15-8-7-9-3-1-4-9/h2,5-6,9,15H,1,3-4,7-8,14H2. The van der Waals surface area contributed by atoms with Crippen LogP contribution in [0.3, 0.4) is 0 Å². The van der Waals surface area contributed by atoms with Gasteiger partial charge in [0.05, 0.1) is 16.4 Å². The number of anilines is 2. The Labute approximate surface area is 95.8 Å². The minimum atomic E-state index is 0.712. The van der Waals surface area contributed by atoms with Crippen LogP contribution in [-0.4, -0.2) is 6.54 Å². The molecule has 1 saturated carbocycles. The van der Waals surface area contributed by atoms with E-state index in [1.54, 1.807) is 0 Å². The molecule has 0 bridgehead atoms. The number of nitrogen functional groups attached to an aromatic ring is 1. The van der Waals surface area contributed by atoms with Crippen LogP contribution in [-0.2, 0) is 0 Å². The summed E-state index contributed by atoms with van der Waals surface area (Å²) in [5.41, 5.74) is 7.46. The minimum Gasteiger partial charge on any atom is -0.397 e. The van der Waals surface area contributed by atoms with E-state index in [0.29, 0.717) is 5.02 Å². The highest BCUT2D eigenvalue weighted by Crippen LogP contribution is 2.31. The molecule has 0 aliphatic heterocycles. The van der Waals surface area contributed by atoms with Gasteiger partial charge in [-0.2, -0.15) is 0 Å². The van der Waals surface area contributed by atoms with Crippen molar-refractivity contribution in [2.45, 2.75) is 25.7 Å². The summed E-state index contributed by atoms with van der Waals surface area (Å²) in [6.45, 7) is 0.971. The van der Waals surface area contributed by atoms with Gasteiger partial charge in [-0.1, -0.05) is 36.9 Å². The number of nitrogens with two attached hydrogens (primary N) is 1. The van der Waals surface area contributed by atoms with Gasteiger partial charge < -0.3 is 11.1 Å². The molecule has 15 heavy (non-hydrogen) atoms. The van der Waals surface area contributed by atoms with Gasteiger partial charge in [-0.05, 0) is 24.5 Å². The van der Waals surface area contributed by atoms with Crippen molar-refractivity contribution in [1.29, 1.82) is 0 Å². The predicted molar refractivity (Wildman–Crippen MR) is 66.3 cm³/mol. The highest BCUT2D eigenvalue weighted by atomic mass is 35.5. The Bertz CT molecular complexity index is 314. The van der Waals surface area contributed by atoms with Crippen LogP contribution in [0, 0.1) is 5.92 Å². The molecule has 82 valence electrons. The summed E-state index contributed by atoms with van der Waals surface area (Å²) < 4.78 is 0. The monoisotopic (exact) mass is 224 g/mol. The van der Waals surface area contributed by atoms with Gasteiger partial charge >= 0.3 is 0 Å². The van der Waals surface area contributed by atoms with Crippen molar-refractivity contribution in [3.63, 3.8) is 0 Å². The molecule has 2 rings (SSSR count). The SMILES string of the molecule is Nc1cccc(Cl)c1NCCC1CCC1. The summed E-state index contributed by atoms with van der Waals surface area (Å²) in [6.07, 6.45) is 5.41. The molecule has 3 N–H and O–H groups in total. The second-order valence-electron chi connectivity index (χ2n) is 4.22. The van der Waals surface area contributed by atoms with E-state index in [2.05, 4.69) is 5.32 Å². The summed E-state index contributed by atoms with van der Waals surface area (Å²) in [5, 5.41) is 4.04. The molecule has 1 aliphatic rings. The number of halogens is 1.